The van der Waals surface area contributed by atoms with Crippen molar-refractivity contribution in [3.05, 3.63) is 94.8 Å². The molecule has 152 valence electrons. The number of halogens is 1. The summed E-state index contributed by atoms with van der Waals surface area (Å²) < 4.78 is 45.3. The normalized spacial score (nSPS) is 13.2. The van der Waals surface area contributed by atoms with Crippen LogP contribution in [0.2, 0.25) is 0 Å². The van der Waals surface area contributed by atoms with Crippen LogP contribution in [0.5, 0.6) is 0 Å². The lowest BCUT2D eigenvalue weighted by Crippen LogP contribution is -2.27. The van der Waals surface area contributed by atoms with E-state index in [2.05, 4.69) is 20.6 Å². The number of amides is 2. The minimum Gasteiger partial charge on any atom is -0.478 e. The topological polar surface area (TPSA) is 121 Å². The number of carboxylic acid groups (broad SMARTS) is 1. The zero-order valence-corrected chi connectivity index (χ0v) is 15.2. The summed E-state index contributed by atoms with van der Waals surface area (Å²) in [5.41, 5.74) is -0.828. The van der Waals surface area contributed by atoms with Crippen molar-refractivity contribution < 1.29 is 29.4 Å². The third-order valence-corrected chi connectivity index (χ3v) is 3.75. The molecule has 0 spiro atoms. The molecule has 0 bridgehead atoms. The Morgan fingerprint density at radius 3 is 1.80 bits per heavy atom. The molecule has 1 aromatic heterocycles. The number of carboxylic acids is 1. The van der Waals surface area contributed by atoms with Gasteiger partial charge in [0, 0.05) is 19.1 Å². The van der Waals surface area contributed by atoms with E-state index in [-0.39, 0.29) is 28.1 Å². The number of hydrogen-bond donors (Lipinski definition) is 3. The molecule has 3 N–H and O–H groups in total. The number of benzene rings is 2. The molecule has 8 nitrogen and oxygen atoms in total. The monoisotopic (exact) mass is 412 g/mol. The van der Waals surface area contributed by atoms with Gasteiger partial charge in [0.05, 0.1) is 11.0 Å². The molecule has 3 rings (SSSR count). The van der Waals surface area contributed by atoms with Crippen molar-refractivity contribution >= 4 is 17.8 Å². The van der Waals surface area contributed by atoms with Crippen molar-refractivity contribution in [1.82, 2.24) is 20.6 Å². The Balaban J connectivity index is 1.74. The first-order valence-corrected chi connectivity index (χ1v) is 8.46. The first-order valence-electron chi connectivity index (χ1n) is 10.5. The van der Waals surface area contributed by atoms with Crippen LogP contribution >= 0.6 is 0 Å². The summed E-state index contributed by atoms with van der Waals surface area (Å²) in [7, 11) is 0. The molecule has 30 heavy (non-hydrogen) atoms. The molecule has 0 aliphatic carbocycles. The van der Waals surface area contributed by atoms with E-state index in [0.29, 0.717) is 0 Å². The summed E-state index contributed by atoms with van der Waals surface area (Å²) in [4.78, 5) is 43.4. The number of carbonyl (C=O) groups excluding carboxylic acids is 2. The van der Waals surface area contributed by atoms with Crippen LogP contribution in [0.25, 0.3) is 0 Å². The molecule has 1 heterocycles. The van der Waals surface area contributed by atoms with Crippen molar-refractivity contribution in [2.75, 3.05) is 0 Å². The molecule has 9 heteroatoms. The molecule has 0 atom stereocenters. The largest absolute Gasteiger partial charge is 0.478 e. The van der Waals surface area contributed by atoms with E-state index in [1.165, 1.54) is 36.4 Å². The summed E-state index contributed by atoms with van der Waals surface area (Å²) in [5.74, 6) is -3.75. The Morgan fingerprint density at radius 2 is 1.33 bits per heavy atom. The van der Waals surface area contributed by atoms with Gasteiger partial charge < -0.3 is 15.7 Å². The first-order chi connectivity index (χ1) is 15.9. The average Bonchev–Trinajstić information content (AvgIpc) is 2.79. The highest BCUT2D eigenvalue weighted by molar-refractivity contribution is 5.97. The molecule has 0 saturated heterocycles. The molecule has 3 aromatic rings. The highest BCUT2D eigenvalue weighted by Gasteiger charge is 2.13. The van der Waals surface area contributed by atoms with Gasteiger partial charge >= 0.3 is 5.97 Å². The number of carbonyl (C=O) groups is 3. The quantitative estimate of drug-likeness (QED) is 0.547. The van der Waals surface area contributed by atoms with Crippen LogP contribution in [0.15, 0.2) is 60.9 Å². The summed E-state index contributed by atoms with van der Waals surface area (Å²) in [6.45, 7) is -4.78. The van der Waals surface area contributed by atoms with Crippen molar-refractivity contribution in [3.63, 3.8) is 0 Å². The third kappa shape index (κ3) is 5.44. The predicted molar refractivity (Wildman–Crippen MR) is 104 cm³/mol. The number of nitrogens with zero attached hydrogens (tertiary/aromatic N) is 2. The lowest BCUT2D eigenvalue weighted by atomic mass is 10.1. The highest BCUT2D eigenvalue weighted by Crippen LogP contribution is 2.06. The first kappa shape index (κ1) is 15.7. The van der Waals surface area contributed by atoms with Gasteiger partial charge in [0.25, 0.3) is 11.8 Å². The average molecular weight is 412 g/mol. The maximum atomic E-state index is 13.1. The van der Waals surface area contributed by atoms with E-state index in [1.54, 1.807) is 0 Å². The van der Waals surface area contributed by atoms with Gasteiger partial charge in [-0.15, -0.1) is 0 Å². The van der Waals surface area contributed by atoms with E-state index in [1.807, 2.05) is 0 Å². The predicted octanol–water partition coefficient (Wildman–Crippen LogP) is 2.17. The van der Waals surface area contributed by atoms with Crippen molar-refractivity contribution in [3.8, 4) is 0 Å². The van der Waals surface area contributed by atoms with Gasteiger partial charge in [-0.1, -0.05) is 24.3 Å². The molecular formula is C21H17FN4O4. The van der Waals surface area contributed by atoms with E-state index >= 15 is 0 Å². The number of aromatic nitrogens is 2. The van der Waals surface area contributed by atoms with E-state index in [4.69, 9.17) is 10.6 Å². The molecule has 0 radical (unpaired) electrons. The molecule has 2 amide bonds. The Bertz CT molecular complexity index is 1240. The van der Waals surface area contributed by atoms with Gasteiger partial charge in [-0.05, 0) is 35.4 Å². The fraction of sp³-hybridized carbons (Fsp3) is 0.0952. The standard InChI is InChI=1S/C21H17FN4O4/c22-16-7-3-14(4-8-16)11-24-20(28)18-9-17(25-12-26-18)19(27)23-10-13-1-5-15(6-2-13)21(29)30/h1-9,12H,10-11H2,(H,23,27)(H,24,28)(H,29,30)/i10D2,11D2. The van der Waals surface area contributed by atoms with Crippen LogP contribution < -0.4 is 10.6 Å². The van der Waals surface area contributed by atoms with Gasteiger partial charge in [-0.3, -0.25) is 9.59 Å². The Hall–Kier alpha value is -4.14. The molecule has 0 saturated carbocycles. The van der Waals surface area contributed by atoms with Crippen LogP contribution in [0.1, 0.15) is 47.9 Å². The second-order valence-corrected chi connectivity index (χ2v) is 5.84. The van der Waals surface area contributed by atoms with Gasteiger partial charge in [0.2, 0.25) is 0 Å². The minimum absolute atomic E-state index is 0.0172. The number of nitrogens with one attached hydrogen (secondary N) is 2. The Morgan fingerprint density at radius 1 is 0.867 bits per heavy atom. The smallest absolute Gasteiger partial charge is 0.335 e. The van der Waals surface area contributed by atoms with Gasteiger partial charge in [0.15, 0.2) is 0 Å². The van der Waals surface area contributed by atoms with E-state index < -0.39 is 36.6 Å². The molecule has 0 unspecified atom stereocenters. The van der Waals surface area contributed by atoms with Gasteiger partial charge in [-0.2, -0.15) is 0 Å². The fourth-order valence-corrected chi connectivity index (χ4v) is 2.22. The van der Waals surface area contributed by atoms with Crippen molar-refractivity contribution in [2.24, 2.45) is 0 Å². The van der Waals surface area contributed by atoms with Crippen molar-refractivity contribution in [2.45, 2.75) is 13.0 Å². The Kier molecular flexibility index (Phi) is 4.92. The maximum absolute atomic E-state index is 13.1. The van der Waals surface area contributed by atoms with Crippen LogP contribution in [0, 0.1) is 5.82 Å². The number of rotatable bonds is 7. The number of hydrogen-bond acceptors (Lipinski definition) is 5. The van der Waals surface area contributed by atoms with E-state index in [9.17, 15) is 18.8 Å². The zero-order chi connectivity index (χ0) is 25.1. The number of aromatic carboxylic acids is 1. The molecular weight excluding hydrogens is 391 g/mol. The summed E-state index contributed by atoms with van der Waals surface area (Å²) >= 11 is 0. The van der Waals surface area contributed by atoms with Crippen molar-refractivity contribution in [1.29, 1.82) is 0 Å². The maximum Gasteiger partial charge on any atom is 0.335 e. The second kappa shape index (κ2) is 9.37. The molecule has 2 aromatic carbocycles. The molecule has 0 fully saturated rings. The Labute approximate surface area is 176 Å². The van der Waals surface area contributed by atoms with E-state index in [0.717, 1.165) is 24.5 Å². The third-order valence-electron chi connectivity index (χ3n) is 3.75. The van der Waals surface area contributed by atoms with Crippen LogP contribution in [-0.4, -0.2) is 32.9 Å². The fourth-order valence-electron chi connectivity index (χ4n) is 2.22. The van der Waals surface area contributed by atoms with Gasteiger partial charge in [0.1, 0.15) is 23.5 Å². The highest BCUT2D eigenvalue weighted by atomic mass is 19.1. The molecule has 0 aliphatic rings. The summed E-state index contributed by atoms with van der Waals surface area (Å²) in [5, 5.41) is 13.1. The van der Waals surface area contributed by atoms with Crippen LogP contribution in [0.3, 0.4) is 0 Å². The zero-order valence-electron chi connectivity index (χ0n) is 19.2. The summed E-state index contributed by atoms with van der Waals surface area (Å²) in [6, 6.07) is 10.1. The molecule has 0 aliphatic heterocycles. The lowest BCUT2D eigenvalue weighted by Gasteiger charge is -2.07. The lowest BCUT2D eigenvalue weighted by molar-refractivity contribution is 0.0696. The SMILES string of the molecule is [2H]C([2H])(NC(=O)c1cc(C(=O)NC([2H])([2H])c2ccc(C(=O)O)cc2)ncn1)c1ccc(F)cc1. The second-order valence-electron chi connectivity index (χ2n) is 5.84. The van der Waals surface area contributed by atoms with Crippen LogP contribution in [-0.2, 0) is 13.0 Å². The minimum atomic E-state index is -2.40. The van der Waals surface area contributed by atoms with Gasteiger partial charge in [-0.25, -0.2) is 19.2 Å². The summed E-state index contributed by atoms with van der Waals surface area (Å²) in [6.07, 6.45) is 0.883. The van der Waals surface area contributed by atoms with Crippen LogP contribution in [0.4, 0.5) is 4.39 Å².